The fraction of sp³-hybridized carbons (Fsp3) is 0.217. The number of amides is 1. The molecule has 6 heteroatoms. The molecule has 2 aliphatic rings. The number of benzene rings is 2. The van der Waals surface area contributed by atoms with Crippen LogP contribution in [-0.4, -0.2) is 33.3 Å². The Morgan fingerprint density at radius 2 is 1.69 bits per heavy atom. The van der Waals surface area contributed by atoms with Crippen LogP contribution in [0, 0.1) is 0 Å². The number of β-lactam (4-membered cyclic amide) rings is 1. The molecule has 1 fully saturated rings. The van der Waals surface area contributed by atoms with Gasteiger partial charge in [-0.3, -0.25) is 9.69 Å². The third-order valence-corrected chi connectivity index (χ3v) is 7.13. The van der Waals surface area contributed by atoms with Crippen molar-refractivity contribution in [2.45, 2.75) is 29.5 Å². The SMILES string of the molecule is CC/C=C\C1=C(C(=O)O)N2C(=O)C(N)[C@H]2SC1(c1ccccc1)c1ccccc1. The van der Waals surface area contributed by atoms with E-state index in [9.17, 15) is 14.7 Å². The first-order chi connectivity index (χ1) is 14.0. The molecule has 2 aromatic carbocycles. The Bertz CT molecular complexity index is 962. The zero-order chi connectivity index (χ0) is 20.6. The number of carboxylic acids is 1. The van der Waals surface area contributed by atoms with E-state index in [2.05, 4.69) is 0 Å². The van der Waals surface area contributed by atoms with E-state index in [1.807, 2.05) is 79.7 Å². The second-order valence-electron chi connectivity index (χ2n) is 7.03. The summed E-state index contributed by atoms with van der Waals surface area (Å²) in [5.74, 6) is -1.47. The largest absolute Gasteiger partial charge is 0.477 e. The number of hydrogen-bond donors (Lipinski definition) is 2. The predicted octanol–water partition coefficient (Wildman–Crippen LogP) is 3.48. The molecule has 2 aromatic rings. The van der Waals surface area contributed by atoms with E-state index >= 15 is 0 Å². The number of nitrogens with zero attached hydrogens (tertiary/aromatic N) is 1. The van der Waals surface area contributed by atoms with E-state index in [0.717, 1.165) is 17.5 Å². The van der Waals surface area contributed by atoms with Crippen molar-refractivity contribution in [1.29, 1.82) is 0 Å². The van der Waals surface area contributed by atoms with Crippen molar-refractivity contribution in [1.82, 2.24) is 4.90 Å². The molecule has 0 aliphatic carbocycles. The maximum atomic E-state index is 12.5. The smallest absolute Gasteiger partial charge is 0.353 e. The van der Waals surface area contributed by atoms with Crippen LogP contribution in [0.5, 0.6) is 0 Å². The highest BCUT2D eigenvalue weighted by Crippen LogP contribution is 2.58. The molecule has 0 saturated carbocycles. The number of carbonyl (C=O) groups is 2. The molecule has 0 bridgehead atoms. The Labute approximate surface area is 173 Å². The Hall–Kier alpha value is -2.83. The summed E-state index contributed by atoms with van der Waals surface area (Å²) < 4.78 is -0.790. The Morgan fingerprint density at radius 3 is 2.17 bits per heavy atom. The van der Waals surface area contributed by atoms with Crippen LogP contribution in [0.15, 0.2) is 84.1 Å². The summed E-state index contributed by atoms with van der Waals surface area (Å²) in [5.41, 5.74) is 8.63. The lowest BCUT2D eigenvalue weighted by Crippen LogP contribution is -2.70. The minimum atomic E-state index is -1.12. The van der Waals surface area contributed by atoms with Crippen LogP contribution in [-0.2, 0) is 14.3 Å². The number of allylic oxidation sites excluding steroid dienone is 2. The molecule has 1 saturated heterocycles. The van der Waals surface area contributed by atoms with Crippen LogP contribution in [0.3, 0.4) is 0 Å². The van der Waals surface area contributed by atoms with Crippen LogP contribution in [0.4, 0.5) is 0 Å². The van der Waals surface area contributed by atoms with Gasteiger partial charge in [-0.1, -0.05) is 79.7 Å². The van der Waals surface area contributed by atoms with E-state index in [-0.39, 0.29) is 11.6 Å². The predicted molar refractivity (Wildman–Crippen MR) is 114 cm³/mol. The van der Waals surface area contributed by atoms with Gasteiger partial charge in [-0.05, 0) is 17.5 Å². The first kappa shape index (κ1) is 19.5. The number of aliphatic carboxylic acids is 1. The minimum Gasteiger partial charge on any atom is -0.477 e. The van der Waals surface area contributed by atoms with Gasteiger partial charge in [0.15, 0.2) is 0 Å². The molecule has 0 aromatic heterocycles. The standard InChI is InChI=1S/C23H22N2O3S/c1-2-3-14-17-19(22(27)28)25-20(26)18(24)21(25)29-23(17,15-10-6-4-7-11-15)16-12-8-5-9-13-16/h3-14,18,21H,2,24H2,1H3,(H,27,28)/b14-3-/t18?,21-/m1/s1. The van der Waals surface area contributed by atoms with Gasteiger partial charge < -0.3 is 10.8 Å². The molecule has 1 unspecified atom stereocenters. The molecule has 3 N–H and O–H groups in total. The molecule has 4 rings (SSSR count). The molecular formula is C23H22N2O3S. The van der Waals surface area contributed by atoms with Gasteiger partial charge >= 0.3 is 5.97 Å². The van der Waals surface area contributed by atoms with Crippen molar-refractivity contribution in [3.63, 3.8) is 0 Å². The van der Waals surface area contributed by atoms with Crippen molar-refractivity contribution in [2.75, 3.05) is 0 Å². The lowest BCUT2D eigenvalue weighted by molar-refractivity contribution is -0.148. The first-order valence-electron chi connectivity index (χ1n) is 9.54. The molecule has 148 valence electrons. The second-order valence-corrected chi connectivity index (χ2v) is 8.36. The summed E-state index contributed by atoms with van der Waals surface area (Å²) in [7, 11) is 0. The molecular weight excluding hydrogens is 384 g/mol. The third kappa shape index (κ3) is 2.91. The molecule has 2 heterocycles. The lowest BCUT2D eigenvalue weighted by atomic mass is 9.81. The van der Waals surface area contributed by atoms with E-state index in [4.69, 9.17) is 5.73 Å². The number of fused-ring (bicyclic) bond motifs is 1. The number of carbonyl (C=O) groups excluding carboxylic acids is 1. The molecule has 29 heavy (non-hydrogen) atoms. The van der Waals surface area contributed by atoms with Crippen molar-refractivity contribution < 1.29 is 14.7 Å². The van der Waals surface area contributed by atoms with Crippen LogP contribution in [0.25, 0.3) is 0 Å². The number of carboxylic acid groups (broad SMARTS) is 1. The quantitative estimate of drug-likeness (QED) is 0.743. The third-order valence-electron chi connectivity index (χ3n) is 5.34. The molecule has 0 radical (unpaired) electrons. The van der Waals surface area contributed by atoms with Crippen LogP contribution >= 0.6 is 11.8 Å². The maximum absolute atomic E-state index is 12.5. The fourth-order valence-electron chi connectivity index (χ4n) is 4.00. The molecule has 2 atom stereocenters. The minimum absolute atomic E-state index is 0.0119. The summed E-state index contributed by atoms with van der Waals surface area (Å²) in [6.07, 6.45) is 4.53. The van der Waals surface area contributed by atoms with Gasteiger partial charge in [0.05, 0.1) is 4.75 Å². The number of nitrogens with two attached hydrogens (primary N) is 1. The van der Waals surface area contributed by atoms with Crippen molar-refractivity contribution in [2.24, 2.45) is 5.73 Å². The molecule has 1 amide bonds. The van der Waals surface area contributed by atoms with Crippen molar-refractivity contribution >= 4 is 23.6 Å². The van der Waals surface area contributed by atoms with E-state index < -0.39 is 22.1 Å². The lowest BCUT2D eigenvalue weighted by Gasteiger charge is -2.54. The van der Waals surface area contributed by atoms with E-state index in [1.54, 1.807) is 0 Å². The molecule has 2 aliphatic heterocycles. The Kier molecular flexibility index (Phi) is 5.06. The summed E-state index contributed by atoms with van der Waals surface area (Å²) in [5, 5.41) is 9.69. The average Bonchev–Trinajstić information content (AvgIpc) is 2.77. The van der Waals surface area contributed by atoms with Gasteiger partial charge in [-0.2, -0.15) is 0 Å². The normalized spacial score (nSPS) is 23.1. The van der Waals surface area contributed by atoms with Crippen molar-refractivity contribution in [3.8, 4) is 0 Å². The topological polar surface area (TPSA) is 83.6 Å². The summed E-state index contributed by atoms with van der Waals surface area (Å²) in [4.78, 5) is 26.2. The van der Waals surface area contributed by atoms with E-state index in [0.29, 0.717) is 5.57 Å². The van der Waals surface area contributed by atoms with E-state index in [1.165, 1.54) is 16.7 Å². The second kappa shape index (κ2) is 7.54. The monoisotopic (exact) mass is 406 g/mol. The average molecular weight is 407 g/mol. The van der Waals surface area contributed by atoms with Gasteiger partial charge in [-0.15, -0.1) is 11.8 Å². The maximum Gasteiger partial charge on any atom is 0.353 e. The first-order valence-corrected chi connectivity index (χ1v) is 10.4. The summed E-state index contributed by atoms with van der Waals surface area (Å²) in [6, 6.07) is 18.9. The fourth-order valence-corrected chi connectivity index (χ4v) is 5.78. The number of hydrogen-bond acceptors (Lipinski definition) is 4. The van der Waals surface area contributed by atoms with Gasteiger partial charge in [0.2, 0.25) is 5.91 Å². The highest BCUT2D eigenvalue weighted by Gasteiger charge is 2.59. The van der Waals surface area contributed by atoms with Gasteiger partial charge in [0.25, 0.3) is 0 Å². The van der Waals surface area contributed by atoms with Gasteiger partial charge in [-0.25, -0.2) is 4.79 Å². The Balaban J connectivity index is 2.09. The highest BCUT2D eigenvalue weighted by molar-refractivity contribution is 8.01. The van der Waals surface area contributed by atoms with Crippen LogP contribution < -0.4 is 5.73 Å². The zero-order valence-electron chi connectivity index (χ0n) is 16.0. The molecule has 5 nitrogen and oxygen atoms in total. The highest BCUT2D eigenvalue weighted by atomic mass is 32.2. The number of rotatable bonds is 5. The Morgan fingerprint density at radius 1 is 1.14 bits per heavy atom. The van der Waals surface area contributed by atoms with Crippen LogP contribution in [0.2, 0.25) is 0 Å². The summed E-state index contributed by atoms with van der Waals surface area (Å²) in [6.45, 7) is 1.99. The van der Waals surface area contributed by atoms with Gasteiger partial charge in [0, 0.05) is 5.57 Å². The number of thioether (sulfide) groups is 1. The van der Waals surface area contributed by atoms with Crippen LogP contribution in [0.1, 0.15) is 24.5 Å². The summed E-state index contributed by atoms with van der Waals surface area (Å²) >= 11 is 1.53. The van der Waals surface area contributed by atoms with Gasteiger partial charge in [0.1, 0.15) is 17.1 Å². The zero-order valence-corrected chi connectivity index (χ0v) is 16.8. The molecule has 0 spiro atoms. The van der Waals surface area contributed by atoms with Crippen molar-refractivity contribution in [3.05, 3.63) is 95.2 Å².